The number of thioether (sulfide) groups is 1. The molecule has 0 saturated carbocycles. The summed E-state index contributed by atoms with van der Waals surface area (Å²) in [6.45, 7) is 1.53. The maximum absolute atomic E-state index is 12.6. The molecule has 1 aromatic carbocycles. The first-order chi connectivity index (χ1) is 6.91. The van der Waals surface area contributed by atoms with Crippen molar-refractivity contribution in [2.75, 3.05) is 6.26 Å². The molecule has 0 atom stereocenters. The van der Waals surface area contributed by atoms with Crippen molar-refractivity contribution in [1.29, 1.82) is 5.26 Å². The molecule has 1 rings (SSSR count). The van der Waals surface area contributed by atoms with Crippen LogP contribution in [0.1, 0.15) is 16.7 Å². The van der Waals surface area contributed by atoms with Crippen molar-refractivity contribution in [2.45, 2.75) is 18.0 Å². The van der Waals surface area contributed by atoms with Crippen molar-refractivity contribution in [1.82, 2.24) is 0 Å². The Labute approximate surface area is 89.9 Å². The fraction of sp³-hybridized carbons (Fsp3) is 0.300. The zero-order valence-corrected chi connectivity index (χ0v) is 8.96. The third-order valence-electron chi connectivity index (χ3n) is 2.04. The van der Waals surface area contributed by atoms with Gasteiger partial charge in [-0.2, -0.15) is 18.4 Å². The molecule has 1 aromatic rings. The van der Waals surface area contributed by atoms with Gasteiger partial charge in [0.1, 0.15) is 0 Å². The van der Waals surface area contributed by atoms with Crippen LogP contribution in [-0.2, 0) is 6.18 Å². The third kappa shape index (κ3) is 2.26. The van der Waals surface area contributed by atoms with Gasteiger partial charge >= 0.3 is 6.18 Å². The lowest BCUT2D eigenvalue weighted by atomic mass is 10.1. The summed E-state index contributed by atoms with van der Waals surface area (Å²) in [5.74, 6) is 0. The molecule has 0 aromatic heterocycles. The predicted octanol–water partition coefficient (Wildman–Crippen LogP) is 3.61. The first-order valence-electron chi connectivity index (χ1n) is 4.06. The standard InChI is InChI=1S/C10H8F3NS/c1-6-7(5-14)3-4-8(9(6)15-2)10(11,12)13/h3-4H,1-2H3. The summed E-state index contributed by atoms with van der Waals surface area (Å²) < 4.78 is 37.7. The molecule has 0 heterocycles. The fourth-order valence-corrected chi connectivity index (χ4v) is 2.12. The zero-order chi connectivity index (χ0) is 11.6. The molecule has 0 aliphatic carbocycles. The Morgan fingerprint density at radius 2 is 1.93 bits per heavy atom. The van der Waals surface area contributed by atoms with E-state index >= 15 is 0 Å². The second kappa shape index (κ2) is 4.15. The quantitative estimate of drug-likeness (QED) is 0.689. The number of halogens is 3. The summed E-state index contributed by atoms with van der Waals surface area (Å²) in [6, 6.07) is 4.03. The minimum absolute atomic E-state index is 0.126. The van der Waals surface area contributed by atoms with Gasteiger partial charge in [-0.15, -0.1) is 11.8 Å². The molecule has 0 radical (unpaired) electrons. The van der Waals surface area contributed by atoms with Crippen LogP contribution in [0.2, 0.25) is 0 Å². The van der Waals surface area contributed by atoms with Gasteiger partial charge in [0.05, 0.1) is 17.2 Å². The van der Waals surface area contributed by atoms with Gasteiger partial charge in [-0.3, -0.25) is 0 Å². The molecular formula is C10H8F3NS. The highest BCUT2D eigenvalue weighted by Crippen LogP contribution is 2.38. The van der Waals surface area contributed by atoms with Gasteiger partial charge in [0.25, 0.3) is 0 Å². The van der Waals surface area contributed by atoms with Crippen molar-refractivity contribution >= 4 is 11.8 Å². The summed E-state index contributed by atoms with van der Waals surface area (Å²) in [4.78, 5) is 0.126. The molecule has 15 heavy (non-hydrogen) atoms. The van der Waals surface area contributed by atoms with Gasteiger partial charge in [-0.05, 0) is 30.9 Å². The van der Waals surface area contributed by atoms with Crippen molar-refractivity contribution in [3.05, 3.63) is 28.8 Å². The van der Waals surface area contributed by atoms with Crippen molar-refractivity contribution < 1.29 is 13.2 Å². The molecule has 0 aliphatic rings. The maximum Gasteiger partial charge on any atom is 0.417 e. The monoisotopic (exact) mass is 231 g/mol. The highest BCUT2D eigenvalue weighted by atomic mass is 32.2. The number of hydrogen-bond acceptors (Lipinski definition) is 2. The Kier molecular flexibility index (Phi) is 3.30. The maximum atomic E-state index is 12.6. The van der Waals surface area contributed by atoms with E-state index in [0.29, 0.717) is 5.56 Å². The third-order valence-corrected chi connectivity index (χ3v) is 2.97. The second-order valence-corrected chi connectivity index (χ2v) is 3.74. The summed E-state index contributed by atoms with van der Waals surface area (Å²) in [6.07, 6.45) is -2.80. The summed E-state index contributed by atoms with van der Waals surface area (Å²) in [5.41, 5.74) is -0.00123. The van der Waals surface area contributed by atoms with Gasteiger partial charge in [-0.25, -0.2) is 0 Å². The van der Waals surface area contributed by atoms with E-state index in [-0.39, 0.29) is 10.5 Å². The molecule has 0 N–H and O–H groups in total. The Morgan fingerprint density at radius 1 is 1.33 bits per heavy atom. The van der Waals surface area contributed by atoms with E-state index in [9.17, 15) is 13.2 Å². The van der Waals surface area contributed by atoms with Crippen LogP contribution in [-0.4, -0.2) is 6.26 Å². The smallest absolute Gasteiger partial charge is 0.192 e. The molecule has 0 unspecified atom stereocenters. The fourth-order valence-electron chi connectivity index (χ4n) is 1.30. The summed E-state index contributed by atoms with van der Waals surface area (Å²) >= 11 is 1.01. The van der Waals surface area contributed by atoms with E-state index in [1.807, 2.05) is 6.07 Å². The highest BCUT2D eigenvalue weighted by molar-refractivity contribution is 7.98. The van der Waals surface area contributed by atoms with Gasteiger partial charge in [0.2, 0.25) is 0 Å². The summed E-state index contributed by atoms with van der Waals surface area (Å²) in [5, 5.41) is 8.69. The van der Waals surface area contributed by atoms with Gasteiger partial charge in [0.15, 0.2) is 0 Å². The largest absolute Gasteiger partial charge is 0.417 e. The molecular weight excluding hydrogens is 223 g/mol. The van der Waals surface area contributed by atoms with Crippen LogP contribution in [0, 0.1) is 18.3 Å². The lowest BCUT2D eigenvalue weighted by molar-refractivity contribution is -0.139. The second-order valence-electron chi connectivity index (χ2n) is 2.93. The lowest BCUT2D eigenvalue weighted by Crippen LogP contribution is -2.08. The van der Waals surface area contributed by atoms with E-state index in [0.717, 1.165) is 17.8 Å². The minimum Gasteiger partial charge on any atom is -0.192 e. The van der Waals surface area contributed by atoms with E-state index in [4.69, 9.17) is 5.26 Å². The van der Waals surface area contributed by atoms with Crippen LogP contribution in [0.4, 0.5) is 13.2 Å². The van der Waals surface area contributed by atoms with E-state index in [2.05, 4.69) is 0 Å². The lowest BCUT2D eigenvalue weighted by Gasteiger charge is -2.14. The highest BCUT2D eigenvalue weighted by Gasteiger charge is 2.34. The van der Waals surface area contributed by atoms with Crippen molar-refractivity contribution in [2.24, 2.45) is 0 Å². The van der Waals surface area contributed by atoms with Crippen LogP contribution in [0.25, 0.3) is 0 Å². The first kappa shape index (κ1) is 11.9. The number of nitriles is 1. The zero-order valence-electron chi connectivity index (χ0n) is 8.14. The number of nitrogens with zero attached hydrogens (tertiary/aromatic N) is 1. The Bertz CT molecular complexity index is 418. The van der Waals surface area contributed by atoms with Crippen LogP contribution in [0.3, 0.4) is 0 Å². The predicted molar refractivity (Wildman–Crippen MR) is 52.7 cm³/mol. The van der Waals surface area contributed by atoms with Crippen molar-refractivity contribution in [3.8, 4) is 6.07 Å². The van der Waals surface area contributed by atoms with Gasteiger partial charge < -0.3 is 0 Å². The SMILES string of the molecule is CSc1c(C(F)(F)F)ccc(C#N)c1C. The Balaban J connectivity index is 3.46. The average molecular weight is 231 g/mol. The molecule has 0 aliphatic heterocycles. The van der Waals surface area contributed by atoms with E-state index in [1.54, 1.807) is 6.26 Å². The topological polar surface area (TPSA) is 23.8 Å². The van der Waals surface area contributed by atoms with Gasteiger partial charge in [-0.1, -0.05) is 0 Å². The van der Waals surface area contributed by atoms with Crippen molar-refractivity contribution in [3.63, 3.8) is 0 Å². The molecule has 0 bridgehead atoms. The molecule has 1 nitrogen and oxygen atoms in total. The molecule has 5 heteroatoms. The number of hydrogen-bond donors (Lipinski definition) is 0. The number of rotatable bonds is 1. The van der Waals surface area contributed by atoms with E-state index in [1.165, 1.54) is 13.0 Å². The molecule has 0 amide bonds. The normalized spacial score (nSPS) is 11.2. The van der Waals surface area contributed by atoms with Crippen LogP contribution in [0.5, 0.6) is 0 Å². The van der Waals surface area contributed by atoms with E-state index < -0.39 is 11.7 Å². The number of alkyl halides is 3. The summed E-state index contributed by atoms with van der Waals surface area (Å²) in [7, 11) is 0. The van der Waals surface area contributed by atoms with Crippen LogP contribution >= 0.6 is 11.8 Å². The first-order valence-corrected chi connectivity index (χ1v) is 5.29. The Hall–Kier alpha value is -1.15. The minimum atomic E-state index is -4.36. The molecule has 0 spiro atoms. The number of benzene rings is 1. The Morgan fingerprint density at radius 3 is 2.33 bits per heavy atom. The van der Waals surface area contributed by atoms with Crippen LogP contribution < -0.4 is 0 Å². The molecule has 80 valence electrons. The van der Waals surface area contributed by atoms with Gasteiger partial charge in [0, 0.05) is 4.90 Å². The van der Waals surface area contributed by atoms with Crippen LogP contribution in [0.15, 0.2) is 17.0 Å². The molecule has 0 fully saturated rings. The average Bonchev–Trinajstić information content (AvgIpc) is 2.15. The molecule has 0 saturated heterocycles.